The number of carbonyl (C=O) groups is 1. The molecule has 1 aromatic heterocycles. The van der Waals surface area contributed by atoms with Crippen LogP contribution in [0.4, 0.5) is 0 Å². The van der Waals surface area contributed by atoms with E-state index in [1.165, 1.54) is 25.3 Å². The second-order valence-electron chi connectivity index (χ2n) is 4.53. The summed E-state index contributed by atoms with van der Waals surface area (Å²) in [5, 5.41) is 26.2. The summed E-state index contributed by atoms with van der Waals surface area (Å²) in [5.41, 5.74) is 0.584. The SMILES string of the molecule is COC[C@H](NC(=O)c1c(O)cccc1O)c1ccnn1C. The number of carbonyl (C=O) groups excluding carboxylic acids is 1. The number of aryl methyl sites for hydroxylation is 1. The van der Waals surface area contributed by atoms with Crippen LogP contribution in [-0.2, 0) is 11.8 Å². The van der Waals surface area contributed by atoms with E-state index in [4.69, 9.17) is 4.74 Å². The van der Waals surface area contributed by atoms with Crippen molar-refractivity contribution in [2.75, 3.05) is 13.7 Å². The van der Waals surface area contributed by atoms with E-state index >= 15 is 0 Å². The maximum Gasteiger partial charge on any atom is 0.259 e. The van der Waals surface area contributed by atoms with Gasteiger partial charge in [-0.1, -0.05) is 6.07 Å². The third-order valence-corrected chi connectivity index (χ3v) is 3.10. The monoisotopic (exact) mass is 291 g/mol. The first kappa shape index (κ1) is 14.9. The number of phenolic OH excluding ortho intramolecular Hbond substituents is 2. The lowest BCUT2D eigenvalue weighted by Crippen LogP contribution is -2.32. The second-order valence-corrected chi connectivity index (χ2v) is 4.53. The molecule has 2 aromatic rings. The Balaban J connectivity index is 2.25. The minimum atomic E-state index is -0.589. The topological polar surface area (TPSA) is 96.6 Å². The molecule has 1 atom stereocenters. The number of ether oxygens (including phenoxy) is 1. The molecule has 7 heteroatoms. The summed E-state index contributed by atoms with van der Waals surface area (Å²) < 4.78 is 6.72. The minimum absolute atomic E-state index is 0.166. The van der Waals surface area contributed by atoms with E-state index in [2.05, 4.69) is 10.4 Å². The summed E-state index contributed by atoms with van der Waals surface area (Å²) in [4.78, 5) is 12.3. The Hall–Kier alpha value is -2.54. The lowest BCUT2D eigenvalue weighted by molar-refractivity contribution is 0.0887. The van der Waals surface area contributed by atoms with E-state index in [0.29, 0.717) is 0 Å². The number of aromatic hydroxyl groups is 2. The molecule has 0 fully saturated rings. The molecule has 1 aromatic carbocycles. The van der Waals surface area contributed by atoms with Crippen molar-refractivity contribution in [3.05, 3.63) is 41.7 Å². The number of rotatable bonds is 5. The van der Waals surface area contributed by atoms with Crippen LogP contribution in [0.5, 0.6) is 11.5 Å². The molecule has 0 radical (unpaired) electrons. The van der Waals surface area contributed by atoms with Crippen molar-refractivity contribution in [1.82, 2.24) is 15.1 Å². The summed E-state index contributed by atoms with van der Waals surface area (Å²) in [6.07, 6.45) is 1.61. The number of hydrogen-bond acceptors (Lipinski definition) is 5. The van der Waals surface area contributed by atoms with Gasteiger partial charge in [0.1, 0.15) is 17.1 Å². The van der Waals surface area contributed by atoms with Gasteiger partial charge in [0.15, 0.2) is 0 Å². The van der Waals surface area contributed by atoms with Crippen molar-refractivity contribution < 1.29 is 19.7 Å². The van der Waals surface area contributed by atoms with Gasteiger partial charge < -0.3 is 20.3 Å². The van der Waals surface area contributed by atoms with Crippen molar-refractivity contribution in [3.8, 4) is 11.5 Å². The van der Waals surface area contributed by atoms with Crippen LogP contribution in [0.25, 0.3) is 0 Å². The van der Waals surface area contributed by atoms with Crippen LogP contribution < -0.4 is 5.32 Å². The summed E-state index contributed by atoms with van der Waals surface area (Å²) >= 11 is 0. The van der Waals surface area contributed by atoms with Gasteiger partial charge in [-0.25, -0.2) is 0 Å². The smallest absolute Gasteiger partial charge is 0.259 e. The molecule has 21 heavy (non-hydrogen) atoms. The first-order valence-corrected chi connectivity index (χ1v) is 6.33. The zero-order chi connectivity index (χ0) is 15.4. The summed E-state index contributed by atoms with van der Waals surface area (Å²) in [6.45, 7) is 0.236. The van der Waals surface area contributed by atoms with Crippen molar-refractivity contribution in [2.45, 2.75) is 6.04 Å². The Morgan fingerprint density at radius 2 is 2.05 bits per heavy atom. The van der Waals surface area contributed by atoms with Gasteiger partial charge in [-0.2, -0.15) is 5.10 Å². The molecule has 0 aliphatic heterocycles. The van der Waals surface area contributed by atoms with E-state index in [-0.39, 0.29) is 23.7 Å². The molecule has 7 nitrogen and oxygen atoms in total. The van der Waals surface area contributed by atoms with Gasteiger partial charge in [-0.15, -0.1) is 0 Å². The van der Waals surface area contributed by atoms with Gasteiger partial charge in [0, 0.05) is 20.4 Å². The van der Waals surface area contributed by atoms with Crippen LogP contribution in [-0.4, -0.2) is 39.6 Å². The molecular formula is C14H17N3O4. The van der Waals surface area contributed by atoms with E-state index in [9.17, 15) is 15.0 Å². The van der Waals surface area contributed by atoms with Crippen LogP contribution in [0.3, 0.4) is 0 Å². The van der Waals surface area contributed by atoms with Gasteiger partial charge >= 0.3 is 0 Å². The van der Waals surface area contributed by atoms with Crippen molar-refractivity contribution in [3.63, 3.8) is 0 Å². The van der Waals surface area contributed by atoms with Gasteiger partial charge in [0.05, 0.1) is 18.3 Å². The molecule has 2 rings (SSSR count). The number of nitrogens with zero attached hydrogens (tertiary/aromatic N) is 2. The van der Waals surface area contributed by atoms with Crippen LogP contribution in [0.15, 0.2) is 30.5 Å². The molecule has 0 aliphatic rings. The number of methoxy groups -OCH3 is 1. The highest BCUT2D eigenvalue weighted by Crippen LogP contribution is 2.26. The molecule has 1 heterocycles. The lowest BCUT2D eigenvalue weighted by atomic mass is 10.1. The Bertz CT molecular complexity index is 619. The molecule has 0 aliphatic carbocycles. The molecule has 0 saturated carbocycles. The first-order chi connectivity index (χ1) is 10.0. The average Bonchev–Trinajstić information content (AvgIpc) is 2.84. The zero-order valence-corrected chi connectivity index (χ0v) is 11.8. The number of aromatic nitrogens is 2. The Morgan fingerprint density at radius 1 is 1.38 bits per heavy atom. The van der Waals surface area contributed by atoms with Crippen molar-refractivity contribution in [2.24, 2.45) is 7.05 Å². The van der Waals surface area contributed by atoms with E-state index in [1.807, 2.05) is 0 Å². The fourth-order valence-corrected chi connectivity index (χ4v) is 2.08. The predicted molar refractivity (Wildman–Crippen MR) is 75.1 cm³/mol. The van der Waals surface area contributed by atoms with E-state index in [1.54, 1.807) is 24.0 Å². The van der Waals surface area contributed by atoms with E-state index in [0.717, 1.165) is 5.69 Å². The van der Waals surface area contributed by atoms with Crippen LogP contribution in [0, 0.1) is 0 Å². The number of phenols is 2. The summed E-state index contributed by atoms with van der Waals surface area (Å²) in [7, 11) is 3.27. The van der Waals surface area contributed by atoms with Gasteiger partial charge in [-0.3, -0.25) is 9.48 Å². The molecule has 3 N–H and O–H groups in total. The highest BCUT2D eigenvalue weighted by Gasteiger charge is 2.22. The van der Waals surface area contributed by atoms with Gasteiger partial charge in [-0.05, 0) is 18.2 Å². The van der Waals surface area contributed by atoms with E-state index < -0.39 is 11.9 Å². The largest absolute Gasteiger partial charge is 0.507 e. The number of amides is 1. The van der Waals surface area contributed by atoms with Crippen LogP contribution in [0.2, 0.25) is 0 Å². The quantitative estimate of drug-likeness (QED) is 0.762. The molecule has 1 amide bonds. The Labute approximate surface area is 121 Å². The van der Waals surface area contributed by atoms with Gasteiger partial charge in [0.2, 0.25) is 0 Å². The normalized spacial score (nSPS) is 12.1. The number of hydrogen-bond donors (Lipinski definition) is 3. The Morgan fingerprint density at radius 3 is 2.57 bits per heavy atom. The van der Waals surface area contributed by atoms with Crippen LogP contribution >= 0.6 is 0 Å². The standard InChI is InChI=1S/C14H17N3O4/c1-17-10(6-7-15-17)9(8-21-2)16-14(20)13-11(18)4-3-5-12(13)19/h3-7,9,18-19H,8H2,1-2H3,(H,16,20)/t9-/m0/s1. The molecule has 0 bridgehead atoms. The highest BCUT2D eigenvalue weighted by molar-refractivity contribution is 5.99. The second kappa shape index (κ2) is 6.27. The van der Waals surface area contributed by atoms with Crippen LogP contribution in [0.1, 0.15) is 22.1 Å². The minimum Gasteiger partial charge on any atom is -0.507 e. The summed E-state index contributed by atoms with van der Waals surface area (Å²) in [5.74, 6) is -1.16. The molecular weight excluding hydrogens is 274 g/mol. The Kier molecular flexibility index (Phi) is 4.44. The highest BCUT2D eigenvalue weighted by atomic mass is 16.5. The molecule has 0 unspecified atom stereocenters. The molecule has 0 saturated heterocycles. The fraction of sp³-hybridized carbons (Fsp3) is 0.286. The average molecular weight is 291 g/mol. The maximum atomic E-state index is 12.3. The third-order valence-electron chi connectivity index (χ3n) is 3.10. The first-order valence-electron chi connectivity index (χ1n) is 6.33. The number of benzene rings is 1. The lowest BCUT2D eigenvalue weighted by Gasteiger charge is -2.19. The molecule has 0 spiro atoms. The zero-order valence-electron chi connectivity index (χ0n) is 11.8. The third kappa shape index (κ3) is 3.14. The predicted octanol–water partition coefficient (Wildman–Crippen LogP) is 0.949. The fourth-order valence-electron chi connectivity index (χ4n) is 2.08. The summed E-state index contributed by atoms with van der Waals surface area (Å²) in [6, 6.07) is 5.44. The maximum absolute atomic E-state index is 12.3. The van der Waals surface area contributed by atoms with Crippen molar-refractivity contribution >= 4 is 5.91 Å². The van der Waals surface area contributed by atoms with Crippen molar-refractivity contribution in [1.29, 1.82) is 0 Å². The number of nitrogens with one attached hydrogen (secondary N) is 1. The van der Waals surface area contributed by atoms with Gasteiger partial charge in [0.25, 0.3) is 5.91 Å². The molecule has 112 valence electrons.